The zero-order chi connectivity index (χ0) is 23.1. The Morgan fingerprint density at radius 2 is 1.91 bits per heavy atom. The lowest BCUT2D eigenvalue weighted by atomic mass is 9.77. The van der Waals surface area contributed by atoms with Crippen LogP contribution in [0.25, 0.3) is 0 Å². The molecule has 0 unspecified atom stereocenters. The zero-order valence-corrected chi connectivity index (χ0v) is 19.1. The number of fused-ring (bicyclic) bond motifs is 3. The van der Waals surface area contributed by atoms with Gasteiger partial charge in [-0.05, 0) is 25.0 Å². The van der Waals surface area contributed by atoms with E-state index in [1.807, 2.05) is 31.2 Å². The highest BCUT2D eigenvalue weighted by Gasteiger charge is 2.50. The van der Waals surface area contributed by atoms with Gasteiger partial charge in [0.1, 0.15) is 18.0 Å². The number of benzene rings is 1. The van der Waals surface area contributed by atoms with Gasteiger partial charge in [0.25, 0.3) is 0 Å². The van der Waals surface area contributed by atoms with E-state index in [-0.39, 0.29) is 25.0 Å². The topological polar surface area (TPSA) is 99.1 Å². The lowest BCUT2D eigenvalue weighted by Crippen LogP contribution is -2.56. The summed E-state index contributed by atoms with van der Waals surface area (Å²) in [6.45, 7) is 4.61. The Bertz CT molecular complexity index is 824. The Kier molecular flexibility index (Phi) is 8.70. The minimum absolute atomic E-state index is 0.0200. The van der Waals surface area contributed by atoms with Crippen LogP contribution >= 0.6 is 0 Å². The molecule has 7 heteroatoms. The molecular weight excluding hydrogens is 408 g/mol. The average Bonchev–Trinajstić information content (AvgIpc) is 3.19. The lowest BCUT2D eigenvalue weighted by Gasteiger charge is -2.41. The van der Waals surface area contributed by atoms with E-state index in [9.17, 15) is 14.7 Å². The molecule has 1 aromatic rings. The van der Waals surface area contributed by atoms with E-state index in [0.29, 0.717) is 30.7 Å². The fourth-order valence-corrected chi connectivity index (χ4v) is 4.70. The van der Waals surface area contributed by atoms with Crippen molar-refractivity contribution in [3.8, 4) is 5.75 Å². The molecule has 176 valence electrons. The molecule has 0 spiro atoms. The number of para-hydroxylation sites is 1. The van der Waals surface area contributed by atoms with Gasteiger partial charge in [0.2, 0.25) is 11.8 Å². The van der Waals surface area contributed by atoms with Crippen LogP contribution in [0.2, 0.25) is 0 Å². The minimum atomic E-state index is -0.950. The molecule has 0 saturated heterocycles. The zero-order valence-electron chi connectivity index (χ0n) is 19.1. The molecule has 0 bridgehead atoms. The van der Waals surface area contributed by atoms with Crippen molar-refractivity contribution in [2.24, 2.45) is 0 Å². The summed E-state index contributed by atoms with van der Waals surface area (Å²) in [5.74, 6) is -0.0923. The van der Waals surface area contributed by atoms with Crippen LogP contribution in [0.15, 0.2) is 35.9 Å². The SMILES string of the molecule is CCCCCCN(C(=O)CCC)[C@@H]1C=C(C(=O)NCCO)[C@@H]2c3ccccc3O[C@@H]2[C@H]1O. The van der Waals surface area contributed by atoms with Crippen LogP contribution in [0.3, 0.4) is 0 Å². The number of ether oxygens (including phenoxy) is 1. The molecule has 7 nitrogen and oxygen atoms in total. The number of aliphatic hydroxyl groups excluding tert-OH is 2. The van der Waals surface area contributed by atoms with E-state index in [0.717, 1.165) is 31.2 Å². The maximum Gasteiger partial charge on any atom is 0.247 e. The molecule has 3 N–H and O–H groups in total. The molecule has 1 aromatic carbocycles. The standard InChI is InChI=1S/C25H36N2O5/c1-3-5-6-9-14-27(21(29)10-4-2)19-16-18(25(31)26-13-15-28)22-17-11-7-8-12-20(17)32-24(22)23(19)30/h7-8,11-12,16,19,22-24,28,30H,3-6,9-10,13-15H2,1-2H3,(H,26,31)/t19-,22+,23+,24+/m1/s1. The van der Waals surface area contributed by atoms with Gasteiger partial charge in [-0.1, -0.05) is 51.3 Å². The number of amides is 2. The van der Waals surface area contributed by atoms with Gasteiger partial charge in [-0.2, -0.15) is 0 Å². The summed E-state index contributed by atoms with van der Waals surface area (Å²) in [6, 6.07) is 6.85. The summed E-state index contributed by atoms with van der Waals surface area (Å²) in [5.41, 5.74) is 1.33. The Labute approximate surface area is 190 Å². The number of aliphatic hydroxyl groups is 2. The van der Waals surface area contributed by atoms with Crippen LogP contribution < -0.4 is 10.1 Å². The van der Waals surface area contributed by atoms with Gasteiger partial charge in [0, 0.05) is 30.6 Å². The molecule has 3 rings (SSSR count). The number of carbonyl (C=O) groups is 2. The summed E-state index contributed by atoms with van der Waals surface area (Å²) in [6.07, 6.45) is 5.31. The number of hydrogen-bond donors (Lipinski definition) is 3. The highest BCUT2D eigenvalue weighted by atomic mass is 16.5. The number of unbranched alkanes of at least 4 members (excludes halogenated alkanes) is 3. The van der Waals surface area contributed by atoms with Gasteiger partial charge in [-0.25, -0.2) is 0 Å². The van der Waals surface area contributed by atoms with Crippen LogP contribution in [0.5, 0.6) is 5.75 Å². The van der Waals surface area contributed by atoms with Crippen molar-refractivity contribution in [1.82, 2.24) is 10.2 Å². The van der Waals surface area contributed by atoms with Crippen LogP contribution in [-0.2, 0) is 9.59 Å². The van der Waals surface area contributed by atoms with Crippen molar-refractivity contribution in [3.05, 3.63) is 41.5 Å². The predicted molar refractivity (Wildman–Crippen MR) is 122 cm³/mol. The summed E-state index contributed by atoms with van der Waals surface area (Å²) in [5, 5.41) is 23.2. The first-order chi connectivity index (χ1) is 15.5. The maximum absolute atomic E-state index is 13.0. The van der Waals surface area contributed by atoms with Gasteiger partial charge < -0.3 is 25.2 Å². The quantitative estimate of drug-likeness (QED) is 0.456. The molecule has 2 aliphatic rings. The third-order valence-corrected chi connectivity index (χ3v) is 6.27. The van der Waals surface area contributed by atoms with Crippen LogP contribution in [0, 0.1) is 0 Å². The maximum atomic E-state index is 13.0. The van der Waals surface area contributed by atoms with Crippen molar-refractivity contribution >= 4 is 11.8 Å². The van der Waals surface area contributed by atoms with Gasteiger partial charge in [0.15, 0.2) is 0 Å². The van der Waals surface area contributed by atoms with Crippen molar-refractivity contribution < 1.29 is 24.5 Å². The highest BCUT2D eigenvalue weighted by Crippen LogP contribution is 2.47. The molecule has 0 fully saturated rings. The van der Waals surface area contributed by atoms with Crippen LogP contribution in [0.4, 0.5) is 0 Å². The van der Waals surface area contributed by atoms with Crippen molar-refractivity contribution in [2.45, 2.75) is 76.5 Å². The van der Waals surface area contributed by atoms with Gasteiger partial charge in [0.05, 0.1) is 18.6 Å². The minimum Gasteiger partial charge on any atom is -0.486 e. The summed E-state index contributed by atoms with van der Waals surface area (Å²) in [7, 11) is 0. The monoisotopic (exact) mass is 444 g/mol. The number of nitrogens with zero attached hydrogens (tertiary/aromatic N) is 1. The summed E-state index contributed by atoms with van der Waals surface area (Å²) in [4.78, 5) is 27.8. The fraction of sp³-hybridized carbons (Fsp3) is 0.600. The first-order valence-corrected chi connectivity index (χ1v) is 11.9. The largest absolute Gasteiger partial charge is 0.486 e. The summed E-state index contributed by atoms with van der Waals surface area (Å²) >= 11 is 0. The second-order valence-electron chi connectivity index (χ2n) is 8.58. The molecule has 1 aliphatic carbocycles. The van der Waals surface area contributed by atoms with Crippen LogP contribution in [-0.4, -0.2) is 64.9 Å². The second-order valence-corrected chi connectivity index (χ2v) is 8.58. The smallest absolute Gasteiger partial charge is 0.247 e. The van der Waals surface area contributed by atoms with Crippen LogP contribution in [0.1, 0.15) is 63.9 Å². The normalized spacial score (nSPS) is 23.6. The number of carbonyl (C=O) groups excluding carboxylic acids is 2. The van der Waals surface area contributed by atoms with Gasteiger partial charge in [-0.15, -0.1) is 0 Å². The van der Waals surface area contributed by atoms with Gasteiger partial charge in [-0.3, -0.25) is 9.59 Å². The third kappa shape index (κ3) is 5.15. The molecule has 1 heterocycles. The highest BCUT2D eigenvalue weighted by molar-refractivity contribution is 5.96. The molecule has 1 aliphatic heterocycles. The van der Waals surface area contributed by atoms with E-state index in [4.69, 9.17) is 9.84 Å². The molecule has 0 radical (unpaired) electrons. The van der Waals surface area contributed by atoms with E-state index in [1.54, 1.807) is 11.0 Å². The summed E-state index contributed by atoms with van der Waals surface area (Å²) < 4.78 is 6.11. The van der Waals surface area contributed by atoms with E-state index < -0.39 is 24.2 Å². The van der Waals surface area contributed by atoms with Crippen molar-refractivity contribution in [3.63, 3.8) is 0 Å². The molecule has 2 amide bonds. The average molecular weight is 445 g/mol. The fourth-order valence-electron chi connectivity index (χ4n) is 4.70. The van der Waals surface area contributed by atoms with E-state index >= 15 is 0 Å². The van der Waals surface area contributed by atoms with Gasteiger partial charge >= 0.3 is 0 Å². The first kappa shape index (κ1) is 24.3. The molecule has 0 aromatic heterocycles. The molecule has 32 heavy (non-hydrogen) atoms. The number of hydrogen-bond acceptors (Lipinski definition) is 5. The van der Waals surface area contributed by atoms with Crippen molar-refractivity contribution in [2.75, 3.05) is 19.7 Å². The number of rotatable bonds is 11. The number of nitrogens with one attached hydrogen (secondary N) is 1. The molecule has 4 atom stereocenters. The Morgan fingerprint density at radius 1 is 1.12 bits per heavy atom. The molecule has 0 saturated carbocycles. The van der Waals surface area contributed by atoms with E-state index in [1.165, 1.54) is 0 Å². The van der Waals surface area contributed by atoms with E-state index in [2.05, 4.69) is 12.2 Å². The second kappa shape index (κ2) is 11.5. The predicted octanol–water partition coefficient (Wildman–Crippen LogP) is 2.52. The Balaban J connectivity index is 1.96. The molecular formula is C25H36N2O5. The van der Waals surface area contributed by atoms with Crippen molar-refractivity contribution in [1.29, 1.82) is 0 Å². The third-order valence-electron chi connectivity index (χ3n) is 6.27. The lowest BCUT2D eigenvalue weighted by molar-refractivity contribution is -0.137. The first-order valence-electron chi connectivity index (χ1n) is 11.9. The Hall–Kier alpha value is -2.38. The Morgan fingerprint density at radius 3 is 2.62 bits per heavy atom.